The standard InChI is InChI=1S/C20H30ClFN2O3S/c1-3-5-6-15(4-2)11-27-17(26)8-10-28-16-7-9-23-19(18(16)21)24-12-20(22,13-24)14-25/h7,9,15,25H,3-6,8,10-14H2,1-2H3. The number of carbonyl (C=O) groups is 1. The minimum atomic E-state index is -1.58. The van der Waals surface area contributed by atoms with Crippen LogP contribution in [0.25, 0.3) is 0 Å². The number of carbonyl (C=O) groups excluding carboxylic acids is 1. The third-order valence-electron chi connectivity index (χ3n) is 4.95. The molecule has 1 saturated heterocycles. The summed E-state index contributed by atoms with van der Waals surface area (Å²) in [6.07, 6.45) is 6.36. The molecule has 0 bridgehead atoms. The van der Waals surface area contributed by atoms with E-state index in [1.165, 1.54) is 11.8 Å². The van der Waals surface area contributed by atoms with Gasteiger partial charge < -0.3 is 14.7 Å². The molecule has 5 nitrogen and oxygen atoms in total. The summed E-state index contributed by atoms with van der Waals surface area (Å²) in [5.74, 6) is 1.31. The molecule has 158 valence electrons. The van der Waals surface area contributed by atoms with E-state index in [0.29, 0.717) is 35.5 Å². The quantitative estimate of drug-likeness (QED) is 0.387. The summed E-state index contributed by atoms with van der Waals surface area (Å²) in [5, 5.41) is 9.49. The molecule has 8 heteroatoms. The van der Waals surface area contributed by atoms with E-state index < -0.39 is 12.3 Å². The number of aromatic nitrogens is 1. The fraction of sp³-hybridized carbons (Fsp3) is 0.700. The lowest BCUT2D eigenvalue weighted by molar-refractivity contribution is -0.144. The van der Waals surface area contributed by atoms with Crippen molar-refractivity contribution in [2.75, 3.05) is 37.0 Å². The maximum absolute atomic E-state index is 13.9. The summed E-state index contributed by atoms with van der Waals surface area (Å²) in [7, 11) is 0. The van der Waals surface area contributed by atoms with Gasteiger partial charge in [0, 0.05) is 16.8 Å². The summed E-state index contributed by atoms with van der Waals surface area (Å²) < 4.78 is 19.3. The zero-order valence-electron chi connectivity index (χ0n) is 16.6. The first-order valence-electron chi connectivity index (χ1n) is 9.90. The van der Waals surface area contributed by atoms with Crippen molar-refractivity contribution in [1.29, 1.82) is 0 Å². The number of hydrogen-bond donors (Lipinski definition) is 1. The number of esters is 1. The van der Waals surface area contributed by atoms with Crippen molar-refractivity contribution in [2.24, 2.45) is 5.92 Å². The van der Waals surface area contributed by atoms with E-state index in [9.17, 15) is 9.18 Å². The van der Waals surface area contributed by atoms with Crippen molar-refractivity contribution < 1.29 is 19.0 Å². The van der Waals surface area contributed by atoms with Gasteiger partial charge in [0.15, 0.2) is 5.67 Å². The molecule has 2 heterocycles. The van der Waals surface area contributed by atoms with Crippen LogP contribution in [0.5, 0.6) is 0 Å². The second kappa shape index (κ2) is 11.2. The molecular weight excluding hydrogens is 403 g/mol. The van der Waals surface area contributed by atoms with Crippen LogP contribution in [-0.4, -0.2) is 53.8 Å². The fourth-order valence-electron chi connectivity index (χ4n) is 3.06. The molecule has 0 saturated carbocycles. The molecule has 1 unspecified atom stereocenters. The second-order valence-electron chi connectivity index (χ2n) is 7.31. The highest BCUT2D eigenvalue weighted by Crippen LogP contribution is 2.38. The Bertz CT molecular complexity index is 644. The van der Waals surface area contributed by atoms with Crippen LogP contribution in [0.1, 0.15) is 46.0 Å². The number of aliphatic hydroxyl groups is 1. The number of halogens is 2. The fourth-order valence-corrected chi connectivity index (χ4v) is 4.32. The SMILES string of the molecule is CCCCC(CC)COC(=O)CCSc1ccnc(N2CC(F)(CO)C2)c1Cl. The molecule has 0 aliphatic carbocycles. The smallest absolute Gasteiger partial charge is 0.306 e. The van der Waals surface area contributed by atoms with E-state index in [0.717, 1.165) is 30.6 Å². The zero-order valence-corrected chi connectivity index (χ0v) is 18.2. The normalized spacial score (nSPS) is 16.5. The lowest BCUT2D eigenvalue weighted by Crippen LogP contribution is -2.61. The lowest BCUT2D eigenvalue weighted by atomic mass is 9.97. The highest BCUT2D eigenvalue weighted by atomic mass is 35.5. The Kier molecular flexibility index (Phi) is 9.31. The van der Waals surface area contributed by atoms with Crippen molar-refractivity contribution >= 4 is 35.1 Å². The number of pyridine rings is 1. The van der Waals surface area contributed by atoms with Gasteiger partial charge in [-0.1, -0.05) is 44.7 Å². The number of ether oxygens (including phenoxy) is 1. The molecule has 0 spiro atoms. The first-order chi connectivity index (χ1) is 13.4. The highest BCUT2D eigenvalue weighted by Gasteiger charge is 2.44. The second-order valence-corrected chi connectivity index (χ2v) is 8.82. The van der Waals surface area contributed by atoms with Crippen molar-refractivity contribution in [1.82, 2.24) is 4.98 Å². The average molecular weight is 433 g/mol. The van der Waals surface area contributed by atoms with Gasteiger partial charge in [0.05, 0.1) is 37.7 Å². The summed E-state index contributed by atoms with van der Waals surface area (Å²) in [4.78, 5) is 18.7. The van der Waals surface area contributed by atoms with Gasteiger partial charge in [-0.15, -0.1) is 11.8 Å². The number of thioether (sulfide) groups is 1. The van der Waals surface area contributed by atoms with Gasteiger partial charge in [0.2, 0.25) is 0 Å². The Hall–Kier alpha value is -1.05. The lowest BCUT2D eigenvalue weighted by Gasteiger charge is -2.44. The van der Waals surface area contributed by atoms with E-state index in [-0.39, 0.29) is 19.1 Å². The molecule has 0 radical (unpaired) electrons. The molecular formula is C20H30ClFN2O3S. The third kappa shape index (κ3) is 6.49. The first kappa shape index (κ1) is 23.2. The Balaban J connectivity index is 1.77. The maximum Gasteiger partial charge on any atom is 0.306 e. The zero-order chi connectivity index (χ0) is 20.6. The number of rotatable bonds is 12. The predicted octanol–water partition coefficient (Wildman–Crippen LogP) is 4.50. The number of hydrogen-bond acceptors (Lipinski definition) is 6. The molecule has 1 aliphatic rings. The van der Waals surface area contributed by atoms with E-state index in [1.807, 2.05) is 0 Å². The van der Waals surface area contributed by atoms with Gasteiger partial charge in [-0.3, -0.25) is 4.79 Å². The van der Waals surface area contributed by atoms with E-state index in [2.05, 4.69) is 18.8 Å². The molecule has 1 N–H and O–H groups in total. The highest BCUT2D eigenvalue weighted by molar-refractivity contribution is 7.99. The Labute approximate surface area is 176 Å². The predicted molar refractivity (Wildman–Crippen MR) is 112 cm³/mol. The minimum Gasteiger partial charge on any atom is -0.465 e. The monoisotopic (exact) mass is 432 g/mol. The van der Waals surface area contributed by atoms with E-state index >= 15 is 0 Å². The number of aliphatic hydroxyl groups excluding tert-OH is 1. The third-order valence-corrected chi connectivity index (χ3v) is 6.50. The van der Waals surface area contributed by atoms with Crippen LogP contribution in [-0.2, 0) is 9.53 Å². The van der Waals surface area contributed by atoms with Crippen molar-refractivity contribution in [3.63, 3.8) is 0 Å². The van der Waals surface area contributed by atoms with Crippen LogP contribution >= 0.6 is 23.4 Å². The van der Waals surface area contributed by atoms with Crippen LogP contribution in [0, 0.1) is 5.92 Å². The first-order valence-corrected chi connectivity index (χ1v) is 11.3. The molecule has 2 rings (SSSR count). The maximum atomic E-state index is 13.9. The Morgan fingerprint density at radius 1 is 1.50 bits per heavy atom. The molecule has 1 atom stereocenters. The van der Waals surface area contributed by atoms with Crippen LogP contribution in [0.3, 0.4) is 0 Å². The summed E-state index contributed by atoms with van der Waals surface area (Å²) in [6, 6.07) is 1.79. The van der Waals surface area contributed by atoms with Gasteiger partial charge in [0.1, 0.15) is 5.82 Å². The average Bonchev–Trinajstić information content (AvgIpc) is 2.67. The molecule has 1 fully saturated rings. The topological polar surface area (TPSA) is 62.7 Å². The summed E-state index contributed by atoms with van der Waals surface area (Å²) >= 11 is 7.87. The van der Waals surface area contributed by atoms with Crippen LogP contribution in [0.2, 0.25) is 5.02 Å². The van der Waals surface area contributed by atoms with Crippen molar-refractivity contribution in [3.05, 3.63) is 17.3 Å². The van der Waals surface area contributed by atoms with Gasteiger partial charge in [-0.05, 0) is 18.4 Å². The summed E-state index contributed by atoms with van der Waals surface area (Å²) in [6.45, 7) is 4.42. The van der Waals surface area contributed by atoms with Gasteiger partial charge >= 0.3 is 5.97 Å². The minimum absolute atomic E-state index is 0.0767. The number of unbranched alkanes of at least 4 members (excludes halogenated alkanes) is 1. The van der Waals surface area contributed by atoms with Crippen LogP contribution in [0.15, 0.2) is 17.2 Å². The van der Waals surface area contributed by atoms with E-state index in [4.69, 9.17) is 21.4 Å². The Morgan fingerprint density at radius 2 is 2.25 bits per heavy atom. The molecule has 0 amide bonds. The van der Waals surface area contributed by atoms with Crippen LogP contribution < -0.4 is 4.90 Å². The summed E-state index contributed by atoms with van der Waals surface area (Å²) in [5.41, 5.74) is -1.58. The molecule has 1 aliphatic heterocycles. The van der Waals surface area contributed by atoms with Gasteiger partial charge in [-0.2, -0.15) is 0 Å². The van der Waals surface area contributed by atoms with Crippen molar-refractivity contribution in [3.8, 4) is 0 Å². The van der Waals surface area contributed by atoms with Crippen LogP contribution in [0.4, 0.5) is 10.2 Å². The molecule has 28 heavy (non-hydrogen) atoms. The molecule has 0 aromatic carbocycles. The number of alkyl halides is 1. The molecule has 1 aromatic rings. The van der Waals surface area contributed by atoms with Gasteiger partial charge in [0.25, 0.3) is 0 Å². The number of anilines is 1. The Morgan fingerprint density at radius 3 is 2.89 bits per heavy atom. The number of nitrogens with zero attached hydrogens (tertiary/aromatic N) is 2. The van der Waals surface area contributed by atoms with E-state index in [1.54, 1.807) is 17.2 Å². The van der Waals surface area contributed by atoms with Crippen molar-refractivity contribution in [2.45, 2.75) is 56.5 Å². The van der Waals surface area contributed by atoms with Gasteiger partial charge in [-0.25, -0.2) is 9.37 Å². The molecule has 1 aromatic heterocycles. The largest absolute Gasteiger partial charge is 0.465 e.